The summed E-state index contributed by atoms with van der Waals surface area (Å²) in [5.74, 6) is -0.0294. The lowest BCUT2D eigenvalue weighted by atomic mass is 10.2. The van der Waals surface area contributed by atoms with Crippen molar-refractivity contribution in [3.05, 3.63) is 29.8 Å². The molecule has 1 aromatic rings. The van der Waals surface area contributed by atoms with Gasteiger partial charge in [0.05, 0.1) is 7.11 Å². The van der Waals surface area contributed by atoms with Crippen molar-refractivity contribution in [1.29, 1.82) is 0 Å². The van der Waals surface area contributed by atoms with Crippen molar-refractivity contribution < 1.29 is 19.4 Å². The standard InChI is InChI=1S/C11H15NO4/c1-15-9-4-2-3-8(5-9)7-16-11(14)10(13)6-12/h2-5,10,13H,6-7,12H2,1H3/t10-/m0/s1. The quantitative estimate of drug-likeness (QED) is 0.692. The van der Waals surface area contributed by atoms with E-state index in [4.69, 9.17) is 20.3 Å². The van der Waals surface area contributed by atoms with Crippen molar-refractivity contribution in [3.63, 3.8) is 0 Å². The Morgan fingerprint density at radius 2 is 2.31 bits per heavy atom. The van der Waals surface area contributed by atoms with Gasteiger partial charge in [-0.25, -0.2) is 4.79 Å². The highest BCUT2D eigenvalue weighted by atomic mass is 16.5. The van der Waals surface area contributed by atoms with Crippen LogP contribution in [0.15, 0.2) is 24.3 Å². The Kier molecular flexibility index (Phi) is 4.75. The van der Waals surface area contributed by atoms with Gasteiger partial charge in [0.25, 0.3) is 0 Å². The van der Waals surface area contributed by atoms with Gasteiger partial charge in [-0.1, -0.05) is 12.1 Å². The number of hydrogen-bond donors (Lipinski definition) is 2. The lowest BCUT2D eigenvalue weighted by Gasteiger charge is -2.09. The second-order valence-electron chi connectivity index (χ2n) is 3.21. The predicted octanol–water partition coefficient (Wildman–Crippen LogP) is 0.0580. The van der Waals surface area contributed by atoms with E-state index in [9.17, 15) is 4.79 Å². The number of hydrogen-bond acceptors (Lipinski definition) is 5. The van der Waals surface area contributed by atoms with Crippen LogP contribution in [0, 0.1) is 0 Å². The van der Waals surface area contributed by atoms with Crippen LogP contribution in [0.1, 0.15) is 5.56 Å². The average Bonchev–Trinajstić information content (AvgIpc) is 2.35. The first-order valence-electron chi connectivity index (χ1n) is 4.85. The largest absolute Gasteiger partial charge is 0.497 e. The van der Waals surface area contributed by atoms with Gasteiger partial charge in [0.2, 0.25) is 0 Å². The Bertz CT molecular complexity index is 354. The lowest BCUT2D eigenvalue weighted by molar-refractivity contribution is -0.154. The molecule has 0 spiro atoms. The van der Waals surface area contributed by atoms with E-state index in [1.54, 1.807) is 31.4 Å². The molecule has 0 heterocycles. The van der Waals surface area contributed by atoms with Gasteiger partial charge >= 0.3 is 5.97 Å². The van der Waals surface area contributed by atoms with E-state index in [-0.39, 0.29) is 13.2 Å². The Balaban J connectivity index is 2.51. The highest BCUT2D eigenvalue weighted by molar-refractivity contribution is 5.74. The smallest absolute Gasteiger partial charge is 0.336 e. The van der Waals surface area contributed by atoms with Crippen LogP contribution in [0.5, 0.6) is 5.75 Å². The molecule has 16 heavy (non-hydrogen) atoms. The van der Waals surface area contributed by atoms with E-state index >= 15 is 0 Å². The number of esters is 1. The molecule has 0 aliphatic heterocycles. The van der Waals surface area contributed by atoms with E-state index in [1.807, 2.05) is 0 Å². The monoisotopic (exact) mass is 225 g/mol. The number of carbonyl (C=O) groups excluding carboxylic acids is 1. The van der Waals surface area contributed by atoms with Gasteiger partial charge in [0.15, 0.2) is 6.10 Å². The summed E-state index contributed by atoms with van der Waals surface area (Å²) in [6, 6.07) is 7.13. The number of aliphatic hydroxyl groups is 1. The minimum atomic E-state index is -1.26. The number of benzene rings is 1. The molecule has 1 atom stereocenters. The van der Waals surface area contributed by atoms with Crippen LogP contribution in [0.25, 0.3) is 0 Å². The molecule has 3 N–H and O–H groups in total. The third-order valence-electron chi connectivity index (χ3n) is 2.01. The Morgan fingerprint density at radius 3 is 2.94 bits per heavy atom. The van der Waals surface area contributed by atoms with E-state index < -0.39 is 12.1 Å². The Labute approximate surface area is 93.8 Å². The van der Waals surface area contributed by atoms with Crippen LogP contribution in [0.4, 0.5) is 0 Å². The second-order valence-corrected chi connectivity index (χ2v) is 3.21. The lowest BCUT2D eigenvalue weighted by Crippen LogP contribution is -2.30. The maximum atomic E-state index is 11.1. The summed E-state index contributed by atoms with van der Waals surface area (Å²) < 4.78 is 9.88. The van der Waals surface area contributed by atoms with Gasteiger partial charge in [-0.3, -0.25) is 0 Å². The number of rotatable bonds is 5. The molecule has 1 rings (SSSR count). The van der Waals surface area contributed by atoms with Gasteiger partial charge in [-0.05, 0) is 17.7 Å². The Hall–Kier alpha value is -1.59. The first kappa shape index (κ1) is 12.5. The maximum Gasteiger partial charge on any atom is 0.336 e. The summed E-state index contributed by atoms with van der Waals surface area (Å²) in [4.78, 5) is 11.1. The fourth-order valence-corrected chi connectivity index (χ4v) is 1.11. The van der Waals surface area contributed by atoms with E-state index in [2.05, 4.69) is 0 Å². The maximum absolute atomic E-state index is 11.1. The Morgan fingerprint density at radius 1 is 1.56 bits per heavy atom. The fourth-order valence-electron chi connectivity index (χ4n) is 1.11. The van der Waals surface area contributed by atoms with E-state index in [0.29, 0.717) is 5.75 Å². The third-order valence-corrected chi connectivity index (χ3v) is 2.01. The summed E-state index contributed by atoms with van der Waals surface area (Å²) in [7, 11) is 1.56. The van der Waals surface area contributed by atoms with Crippen molar-refractivity contribution in [2.45, 2.75) is 12.7 Å². The minimum absolute atomic E-state index is 0.0904. The topological polar surface area (TPSA) is 81.8 Å². The van der Waals surface area contributed by atoms with Crippen LogP contribution in [-0.2, 0) is 16.1 Å². The van der Waals surface area contributed by atoms with Crippen molar-refractivity contribution in [2.75, 3.05) is 13.7 Å². The van der Waals surface area contributed by atoms with E-state index in [1.165, 1.54) is 0 Å². The normalized spacial score (nSPS) is 11.9. The number of ether oxygens (including phenoxy) is 2. The van der Waals surface area contributed by atoms with Crippen LogP contribution in [0.2, 0.25) is 0 Å². The van der Waals surface area contributed by atoms with Crippen LogP contribution < -0.4 is 10.5 Å². The average molecular weight is 225 g/mol. The molecule has 88 valence electrons. The molecule has 0 aromatic heterocycles. The number of aliphatic hydroxyl groups excluding tert-OH is 1. The summed E-state index contributed by atoms with van der Waals surface area (Å²) >= 11 is 0. The van der Waals surface area contributed by atoms with Crippen molar-refractivity contribution in [2.24, 2.45) is 5.73 Å². The van der Waals surface area contributed by atoms with Crippen LogP contribution in [-0.4, -0.2) is 30.8 Å². The fraction of sp³-hybridized carbons (Fsp3) is 0.364. The molecule has 1 aromatic carbocycles. The summed E-state index contributed by atoms with van der Waals surface area (Å²) in [5, 5.41) is 9.08. The first-order chi connectivity index (χ1) is 7.67. The SMILES string of the molecule is COc1cccc(COC(=O)[C@@H](O)CN)c1. The van der Waals surface area contributed by atoms with Gasteiger partial charge < -0.3 is 20.3 Å². The molecule has 5 heteroatoms. The molecule has 0 saturated heterocycles. The zero-order chi connectivity index (χ0) is 12.0. The number of carbonyl (C=O) groups is 1. The van der Waals surface area contributed by atoms with Crippen LogP contribution >= 0.6 is 0 Å². The second kappa shape index (κ2) is 6.09. The van der Waals surface area contributed by atoms with Gasteiger partial charge in [-0.15, -0.1) is 0 Å². The molecule has 0 unspecified atom stereocenters. The zero-order valence-electron chi connectivity index (χ0n) is 9.05. The molecule has 0 amide bonds. The molecule has 5 nitrogen and oxygen atoms in total. The minimum Gasteiger partial charge on any atom is -0.497 e. The van der Waals surface area contributed by atoms with Gasteiger partial charge in [0.1, 0.15) is 12.4 Å². The molecule has 0 aliphatic rings. The van der Waals surface area contributed by atoms with Crippen molar-refractivity contribution in [1.82, 2.24) is 0 Å². The third kappa shape index (κ3) is 3.52. The summed E-state index contributed by atoms with van der Waals surface area (Å²) in [6.07, 6.45) is -1.26. The molecule has 0 radical (unpaired) electrons. The molecule has 0 fully saturated rings. The number of methoxy groups -OCH3 is 1. The molecule has 0 aliphatic carbocycles. The molecular formula is C11H15NO4. The first-order valence-corrected chi connectivity index (χ1v) is 4.85. The molecule has 0 saturated carbocycles. The zero-order valence-corrected chi connectivity index (χ0v) is 9.05. The van der Waals surface area contributed by atoms with Crippen molar-refractivity contribution >= 4 is 5.97 Å². The van der Waals surface area contributed by atoms with Gasteiger partial charge in [0, 0.05) is 6.54 Å². The summed E-state index contributed by atoms with van der Waals surface area (Å²) in [5.41, 5.74) is 5.91. The van der Waals surface area contributed by atoms with E-state index in [0.717, 1.165) is 5.56 Å². The molecular weight excluding hydrogens is 210 g/mol. The van der Waals surface area contributed by atoms with Crippen molar-refractivity contribution in [3.8, 4) is 5.75 Å². The summed E-state index contributed by atoms with van der Waals surface area (Å²) in [6.45, 7) is -0.0516. The van der Waals surface area contributed by atoms with Crippen LogP contribution in [0.3, 0.4) is 0 Å². The van der Waals surface area contributed by atoms with Gasteiger partial charge in [-0.2, -0.15) is 0 Å². The highest BCUT2D eigenvalue weighted by Crippen LogP contribution is 2.13. The highest BCUT2D eigenvalue weighted by Gasteiger charge is 2.14. The molecule has 0 bridgehead atoms. The number of nitrogens with two attached hydrogens (primary N) is 1. The predicted molar refractivity (Wildman–Crippen MR) is 57.9 cm³/mol.